The lowest BCUT2D eigenvalue weighted by atomic mass is 9.93. The second kappa shape index (κ2) is 5.15. The van der Waals surface area contributed by atoms with Gasteiger partial charge in [0.15, 0.2) is 0 Å². The lowest BCUT2D eigenvalue weighted by Gasteiger charge is -2.22. The molecule has 0 aliphatic heterocycles. The smallest absolute Gasteiger partial charge is 0.124 e. The fourth-order valence-electron chi connectivity index (χ4n) is 3.22. The first kappa shape index (κ1) is 13.9. The van der Waals surface area contributed by atoms with E-state index in [0.29, 0.717) is 5.01 Å². The van der Waals surface area contributed by atoms with Gasteiger partial charge in [-0.2, -0.15) is 0 Å². The van der Waals surface area contributed by atoms with Gasteiger partial charge in [0.2, 0.25) is 0 Å². The maximum Gasteiger partial charge on any atom is 0.124 e. The van der Waals surface area contributed by atoms with Gasteiger partial charge in [-0.1, -0.05) is 12.1 Å². The third-order valence-electron chi connectivity index (χ3n) is 4.38. The number of H-pyrrole nitrogens is 1. The molecule has 5 nitrogen and oxygen atoms in total. The first-order chi connectivity index (χ1) is 10.6. The van der Waals surface area contributed by atoms with Crippen molar-refractivity contribution in [2.45, 2.75) is 31.9 Å². The van der Waals surface area contributed by atoms with E-state index in [-0.39, 0.29) is 12.0 Å². The molecule has 2 heterocycles. The summed E-state index contributed by atoms with van der Waals surface area (Å²) in [6, 6.07) is 7.58. The van der Waals surface area contributed by atoms with Crippen LogP contribution in [-0.4, -0.2) is 26.1 Å². The summed E-state index contributed by atoms with van der Waals surface area (Å²) in [5.41, 5.74) is 9.50. The van der Waals surface area contributed by atoms with Crippen LogP contribution in [0.3, 0.4) is 0 Å². The van der Waals surface area contributed by atoms with Gasteiger partial charge in [0, 0.05) is 11.7 Å². The molecule has 0 spiro atoms. The summed E-state index contributed by atoms with van der Waals surface area (Å²) in [6.45, 7) is 1.96. The van der Waals surface area contributed by atoms with Crippen LogP contribution in [0, 0.1) is 12.8 Å². The van der Waals surface area contributed by atoms with Gasteiger partial charge in [-0.25, -0.2) is 9.97 Å². The average Bonchev–Trinajstić information content (AvgIpc) is 3.16. The third kappa shape index (κ3) is 2.24. The van der Waals surface area contributed by atoms with Crippen LogP contribution in [0.15, 0.2) is 24.3 Å². The van der Waals surface area contributed by atoms with E-state index < -0.39 is 6.10 Å². The zero-order chi connectivity index (χ0) is 15.3. The van der Waals surface area contributed by atoms with Crippen molar-refractivity contribution in [1.29, 1.82) is 0 Å². The number of imidazole rings is 1. The Bertz CT molecular complexity index is 768. The number of hydrogen-bond acceptors (Lipinski definition) is 5. The highest BCUT2D eigenvalue weighted by atomic mass is 32.1. The van der Waals surface area contributed by atoms with E-state index in [1.54, 1.807) is 0 Å². The molecule has 2 aromatic heterocycles. The van der Waals surface area contributed by atoms with Crippen LogP contribution < -0.4 is 5.73 Å². The molecule has 1 aliphatic rings. The van der Waals surface area contributed by atoms with Gasteiger partial charge in [0.25, 0.3) is 0 Å². The average molecular weight is 314 g/mol. The normalized spacial score (nSPS) is 17.8. The van der Waals surface area contributed by atoms with Crippen molar-refractivity contribution in [2.24, 2.45) is 11.7 Å². The SMILES string of the molecule is Cc1nc2c([nH]1)CC(C(N)C(O)c1nc3ccccc3s1)C2. The summed E-state index contributed by atoms with van der Waals surface area (Å²) < 4.78 is 1.08. The van der Waals surface area contributed by atoms with E-state index in [1.165, 1.54) is 11.3 Å². The quantitative estimate of drug-likeness (QED) is 0.691. The first-order valence-electron chi connectivity index (χ1n) is 7.45. The highest BCUT2D eigenvalue weighted by molar-refractivity contribution is 7.18. The molecule has 114 valence electrons. The Morgan fingerprint density at radius 1 is 1.32 bits per heavy atom. The number of aliphatic hydroxyl groups is 1. The van der Waals surface area contributed by atoms with E-state index >= 15 is 0 Å². The first-order valence-corrected chi connectivity index (χ1v) is 8.27. The number of aliphatic hydroxyl groups excluding tert-OH is 1. The molecule has 0 radical (unpaired) electrons. The van der Waals surface area contributed by atoms with Crippen molar-refractivity contribution >= 4 is 21.6 Å². The molecule has 0 bridgehead atoms. The Hall–Kier alpha value is -1.76. The van der Waals surface area contributed by atoms with Crippen LogP contribution in [0.1, 0.15) is 28.3 Å². The van der Waals surface area contributed by atoms with E-state index in [4.69, 9.17) is 5.73 Å². The van der Waals surface area contributed by atoms with E-state index in [0.717, 1.165) is 40.3 Å². The largest absolute Gasteiger partial charge is 0.384 e. The molecule has 4 rings (SSSR count). The number of rotatable bonds is 3. The number of nitrogens with one attached hydrogen (secondary N) is 1. The lowest BCUT2D eigenvalue weighted by molar-refractivity contribution is 0.119. The number of aryl methyl sites for hydroxylation is 1. The summed E-state index contributed by atoms with van der Waals surface area (Å²) in [4.78, 5) is 12.3. The Kier molecular flexibility index (Phi) is 3.25. The molecule has 1 aromatic carbocycles. The Morgan fingerprint density at radius 2 is 2.14 bits per heavy atom. The van der Waals surface area contributed by atoms with Crippen molar-refractivity contribution < 1.29 is 5.11 Å². The van der Waals surface area contributed by atoms with Crippen LogP contribution in [0.4, 0.5) is 0 Å². The van der Waals surface area contributed by atoms with Crippen molar-refractivity contribution in [1.82, 2.24) is 15.0 Å². The molecular formula is C16H18N4OS. The van der Waals surface area contributed by atoms with Gasteiger partial charge in [0.05, 0.1) is 15.9 Å². The standard InChI is InChI=1S/C16H18N4OS/c1-8-18-11-6-9(7-12(11)19-8)14(17)15(21)16-20-10-4-2-3-5-13(10)22-16/h2-5,9,14-15,21H,6-7,17H2,1H3,(H,18,19). The summed E-state index contributed by atoms with van der Waals surface area (Å²) >= 11 is 1.52. The van der Waals surface area contributed by atoms with Crippen molar-refractivity contribution in [3.05, 3.63) is 46.5 Å². The summed E-state index contributed by atoms with van der Waals surface area (Å²) in [7, 11) is 0. The van der Waals surface area contributed by atoms with Crippen LogP contribution in [0.2, 0.25) is 0 Å². The van der Waals surface area contributed by atoms with E-state index in [1.807, 2.05) is 31.2 Å². The Balaban J connectivity index is 1.55. The van der Waals surface area contributed by atoms with E-state index in [2.05, 4.69) is 15.0 Å². The zero-order valence-corrected chi connectivity index (χ0v) is 13.1. The molecule has 0 amide bonds. The maximum absolute atomic E-state index is 10.6. The topological polar surface area (TPSA) is 87.8 Å². The second-order valence-corrected chi connectivity index (χ2v) is 7.02. The van der Waals surface area contributed by atoms with Crippen molar-refractivity contribution in [2.75, 3.05) is 0 Å². The molecular weight excluding hydrogens is 296 g/mol. The fraction of sp³-hybridized carbons (Fsp3) is 0.375. The molecule has 0 saturated heterocycles. The summed E-state index contributed by atoms with van der Waals surface area (Å²) in [5.74, 6) is 1.15. The molecule has 1 aliphatic carbocycles. The number of para-hydroxylation sites is 1. The molecule has 4 N–H and O–H groups in total. The Morgan fingerprint density at radius 3 is 2.91 bits per heavy atom. The van der Waals surface area contributed by atoms with Crippen molar-refractivity contribution in [3.8, 4) is 0 Å². The van der Waals surface area contributed by atoms with Crippen LogP contribution in [0.25, 0.3) is 10.2 Å². The minimum atomic E-state index is -0.729. The van der Waals surface area contributed by atoms with Crippen LogP contribution >= 0.6 is 11.3 Å². The molecule has 0 fully saturated rings. The Labute approximate surface area is 132 Å². The molecule has 0 saturated carbocycles. The lowest BCUT2D eigenvalue weighted by Crippen LogP contribution is -2.37. The van der Waals surface area contributed by atoms with E-state index in [9.17, 15) is 5.11 Å². The maximum atomic E-state index is 10.6. The van der Waals surface area contributed by atoms with Gasteiger partial charge in [-0.05, 0) is 37.8 Å². The highest BCUT2D eigenvalue weighted by Gasteiger charge is 2.34. The summed E-state index contributed by atoms with van der Waals surface area (Å²) in [6.07, 6.45) is 0.940. The van der Waals surface area contributed by atoms with Crippen LogP contribution in [-0.2, 0) is 12.8 Å². The number of aromatic nitrogens is 3. The number of thiazole rings is 1. The number of nitrogens with zero attached hydrogens (tertiary/aromatic N) is 2. The van der Waals surface area contributed by atoms with Gasteiger partial charge in [0.1, 0.15) is 16.9 Å². The highest BCUT2D eigenvalue weighted by Crippen LogP contribution is 2.34. The minimum absolute atomic E-state index is 0.205. The number of hydrogen-bond donors (Lipinski definition) is 3. The number of benzene rings is 1. The third-order valence-corrected chi connectivity index (χ3v) is 5.48. The molecule has 3 aromatic rings. The molecule has 22 heavy (non-hydrogen) atoms. The molecule has 3 atom stereocenters. The number of fused-ring (bicyclic) bond motifs is 2. The van der Waals surface area contributed by atoms with Gasteiger partial charge in [-0.15, -0.1) is 11.3 Å². The van der Waals surface area contributed by atoms with Crippen LogP contribution in [0.5, 0.6) is 0 Å². The fourth-order valence-corrected chi connectivity index (χ4v) is 4.23. The predicted octanol–water partition coefficient (Wildman–Crippen LogP) is 2.10. The van der Waals surface area contributed by atoms with Crippen molar-refractivity contribution in [3.63, 3.8) is 0 Å². The zero-order valence-electron chi connectivity index (χ0n) is 12.3. The van der Waals surface area contributed by atoms with Gasteiger partial charge < -0.3 is 15.8 Å². The minimum Gasteiger partial charge on any atom is -0.384 e. The second-order valence-electron chi connectivity index (χ2n) is 5.96. The number of nitrogens with two attached hydrogens (primary N) is 1. The predicted molar refractivity (Wildman–Crippen MR) is 86.8 cm³/mol. The molecule has 6 heteroatoms. The van der Waals surface area contributed by atoms with Gasteiger partial charge in [-0.3, -0.25) is 0 Å². The molecule has 3 unspecified atom stereocenters. The summed E-state index contributed by atoms with van der Waals surface area (Å²) in [5, 5.41) is 11.3. The monoisotopic (exact) mass is 314 g/mol. The number of aromatic amines is 1. The van der Waals surface area contributed by atoms with Gasteiger partial charge >= 0.3 is 0 Å².